The number of alkyl carbamates (subject to hydrolysis) is 1. The van der Waals surface area contributed by atoms with Crippen molar-refractivity contribution in [1.82, 2.24) is 20.3 Å². The maximum Gasteiger partial charge on any atom is 0.408 e. The van der Waals surface area contributed by atoms with Crippen LogP contribution in [0.15, 0.2) is 113 Å². The van der Waals surface area contributed by atoms with E-state index in [9.17, 15) is 14.4 Å². The molecule has 5 aromatic rings. The number of ether oxygens (including phenoxy) is 1. The van der Waals surface area contributed by atoms with E-state index < -0.39 is 17.7 Å². The predicted octanol–water partition coefficient (Wildman–Crippen LogP) is 7.85. The Morgan fingerprint density at radius 3 is 1.97 bits per heavy atom. The number of carbonyl (C=O) groups excluding carboxylic acids is 2. The summed E-state index contributed by atoms with van der Waals surface area (Å²) in [6.07, 6.45) is 6.30. The van der Waals surface area contributed by atoms with Crippen LogP contribution in [0.2, 0.25) is 0 Å². The molecule has 0 radical (unpaired) electrons. The fourth-order valence-corrected chi connectivity index (χ4v) is 7.78. The molecule has 2 amide bonds. The van der Waals surface area contributed by atoms with Crippen molar-refractivity contribution in [2.75, 3.05) is 59.3 Å². The molecular weight excluding hydrogens is 753 g/mol. The summed E-state index contributed by atoms with van der Waals surface area (Å²) in [6.45, 7) is 12.4. The van der Waals surface area contributed by atoms with Gasteiger partial charge in [-0.3, -0.25) is 4.79 Å². The topological polar surface area (TPSA) is 153 Å². The molecule has 2 fully saturated rings. The Balaban J connectivity index is 0.878. The highest BCUT2D eigenvalue weighted by Gasteiger charge is 2.33. The van der Waals surface area contributed by atoms with Gasteiger partial charge in [0.25, 0.3) is 5.91 Å². The van der Waals surface area contributed by atoms with Gasteiger partial charge in [-0.1, -0.05) is 42.1 Å². The van der Waals surface area contributed by atoms with E-state index in [0.29, 0.717) is 11.3 Å². The van der Waals surface area contributed by atoms with Crippen molar-refractivity contribution >= 4 is 52.6 Å². The number of hydrogen-bond donors (Lipinski definition) is 3. The van der Waals surface area contributed by atoms with Crippen LogP contribution in [0.5, 0.6) is 0 Å². The molecule has 0 aliphatic carbocycles. The third-order valence-corrected chi connectivity index (χ3v) is 11.2. The molecule has 2 saturated heterocycles. The second-order valence-electron chi connectivity index (χ2n) is 15.8. The second kappa shape index (κ2) is 17.1. The van der Waals surface area contributed by atoms with Crippen LogP contribution in [-0.4, -0.2) is 88.4 Å². The summed E-state index contributed by atoms with van der Waals surface area (Å²) < 4.78 is 5.46. The molecule has 58 heavy (non-hydrogen) atoms. The number of carbonyl (C=O) groups is 3. The zero-order chi connectivity index (χ0) is 40.9. The SMILES string of the molecule is CC1(NC(=O)OC(C)(C)C)CCN(c2cnc(Sc3cccc(NC(=O)c4ccc(-c5ccc(N6CCN(c7ccc(C(=O)O)nc7)CC6)cc5)cc4)c3)cn2)CC1. The lowest BCUT2D eigenvalue weighted by Crippen LogP contribution is -2.54. The molecule has 300 valence electrons. The lowest BCUT2D eigenvalue weighted by Gasteiger charge is -2.40. The summed E-state index contributed by atoms with van der Waals surface area (Å²) in [7, 11) is 0. The molecule has 0 bridgehead atoms. The molecule has 0 spiro atoms. The molecule has 0 unspecified atom stereocenters. The maximum absolute atomic E-state index is 13.2. The number of pyridine rings is 1. The number of aromatic nitrogens is 3. The molecule has 2 aromatic heterocycles. The number of amides is 2. The minimum Gasteiger partial charge on any atom is -0.477 e. The first-order valence-corrected chi connectivity index (χ1v) is 20.2. The molecule has 0 saturated carbocycles. The van der Waals surface area contributed by atoms with Crippen molar-refractivity contribution < 1.29 is 24.2 Å². The number of hydrogen-bond acceptors (Lipinski definition) is 11. The van der Waals surface area contributed by atoms with Gasteiger partial charge in [-0.05, 0) is 106 Å². The van der Waals surface area contributed by atoms with E-state index in [1.165, 1.54) is 11.8 Å². The zero-order valence-electron chi connectivity index (χ0n) is 33.1. The third kappa shape index (κ3) is 10.2. The van der Waals surface area contributed by atoms with E-state index in [1.807, 2.05) is 82.3 Å². The highest BCUT2D eigenvalue weighted by molar-refractivity contribution is 7.99. The summed E-state index contributed by atoms with van der Waals surface area (Å²) in [5.74, 6) is -0.428. The molecule has 7 rings (SSSR count). The van der Waals surface area contributed by atoms with Crippen molar-refractivity contribution in [3.63, 3.8) is 0 Å². The number of carboxylic acids is 1. The molecule has 3 N–H and O–H groups in total. The number of benzene rings is 3. The fourth-order valence-electron chi connectivity index (χ4n) is 6.99. The van der Waals surface area contributed by atoms with Crippen LogP contribution in [-0.2, 0) is 4.74 Å². The van der Waals surface area contributed by atoms with E-state index in [4.69, 9.17) is 9.84 Å². The van der Waals surface area contributed by atoms with Crippen LogP contribution in [0.4, 0.5) is 27.7 Å². The quantitative estimate of drug-likeness (QED) is 0.126. The number of nitrogens with zero attached hydrogens (tertiary/aromatic N) is 6. The smallest absolute Gasteiger partial charge is 0.408 e. The first-order valence-electron chi connectivity index (χ1n) is 19.4. The average molecular weight is 801 g/mol. The Morgan fingerprint density at radius 2 is 1.38 bits per heavy atom. The molecule has 0 atom stereocenters. The Kier molecular flexibility index (Phi) is 11.8. The minimum absolute atomic E-state index is 0.0454. The van der Waals surface area contributed by atoms with Gasteiger partial charge in [-0.15, -0.1) is 0 Å². The predicted molar refractivity (Wildman–Crippen MR) is 227 cm³/mol. The monoisotopic (exact) mass is 800 g/mol. The molecule has 2 aliphatic heterocycles. The van der Waals surface area contributed by atoms with E-state index in [-0.39, 0.29) is 17.1 Å². The lowest BCUT2D eigenvalue weighted by atomic mass is 9.90. The number of carboxylic acid groups (broad SMARTS) is 1. The second-order valence-corrected chi connectivity index (χ2v) is 16.9. The van der Waals surface area contributed by atoms with Crippen molar-refractivity contribution in [2.24, 2.45) is 0 Å². The Morgan fingerprint density at radius 1 is 0.741 bits per heavy atom. The summed E-state index contributed by atoms with van der Waals surface area (Å²) in [4.78, 5) is 57.8. The van der Waals surface area contributed by atoms with Crippen LogP contribution >= 0.6 is 11.8 Å². The number of nitrogens with one attached hydrogen (secondary N) is 2. The van der Waals surface area contributed by atoms with Crippen molar-refractivity contribution in [3.05, 3.63) is 115 Å². The van der Waals surface area contributed by atoms with Gasteiger partial charge >= 0.3 is 12.1 Å². The number of rotatable bonds is 10. The Labute approximate surface area is 342 Å². The van der Waals surface area contributed by atoms with Gasteiger partial charge in [0.15, 0.2) is 0 Å². The summed E-state index contributed by atoms with van der Waals surface area (Å²) in [6, 6.07) is 27.1. The lowest BCUT2D eigenvalue weighted by molar-refractivity contribution is 0.0447. The average Bonchev–Trinajstić information content (AvgIpc) is 3.21. The third-order valence-electron chi connectivity index (χ3n) is 10.2. The number of anilines is 4. The van der Waals surface area contributed by atoms with Crippen LogP contribution < -0.4 is 25.3 Å². The standard InChI is InChI=1S/C44H48N8O5S/c1-43(2,3)57-42(56)49-44(4)18-20-52(21-19-44)38-28-47-39(29-46-38)58-36-7-5-6-33(26-36)48-40(53)32-10-8-30(9-11-32)31-12-14-34(15-13-31)50-22-24-51(25-23-50)35-16-17-37(41(54)55)45-27-35/h5-17,26-29H,18-25H2,1-4H3,(H,48,53)(H,49,56)(H,54,55). The van der Waals surface area contributed by atoms with Gasteiger partial charge in [0.2, 0.25) is 0 Å². The largest absolute Gasteiger partial charge is 0.477 e. The highest BCUT2D eigenvalue weighted by atomic mass is 32.2. The molecule has 13 nitrogen and oxygen atoms in total. The zero-order valence-corrected chi connectivity index (χ0v) is 34.0. The Bertz CT molecular complexity index is 2210. The van der Waals surface area contributed by atoms with E-state index in [1.54, 1.807) is 24.7 Å². The summed E-state index contributed by atoms with van der Waals surface area (Å²) in [5, 5.41) is 15.9. The first kappa shape index (κ1) is 40.1. The highest BCUT2D eigenvalue weighted by Crippen LogP contribution is 2.31. The Hall–Kier alpha value is -6.15. The van der Waals surface area contributed by atoms with Gasteiger partial charge in [-0.2, -0.15) is 0 Å². The van der Waals surface area contributed by atoms with Gasteiger partial charge < -0.3 is 35.2 Å². The van der Waals surface area contributed by atoms with Gasteiger partial charge in [0.05, 0.1) is 24.3 Å². The van der Waals surface area contributed by atoms with E-state index >= 15 is 0 Å². The van der Waals surface area contributed by atoms with Crippen molar-refractivity contribution in [1.29, 1.82) is 0 Å². The van der Waals surface area contributed by atoms with E-state index in [0.717, 1.165) is 90.4 Å². The number of aromatic carboxylic acids is 1. The molecule has 2 aliphatic rings. The number of piperidine rings is 1. The molecule has 4 heterocycles. The van der Waals surface area contributed by atoms with Crippen LogP contribution in [0.25, 0.3) is 11.1 Å². The fraction of sp³-hybridized carbons (Fsp3) is 0.318. The van der Waals surface area contributed by atoms with Gasteiger partial charge in [-0.25, -0.2) is 24.5 Å². The van der Waals surface area contributed by atoms with Gasteiger partial charge in [0, 0.05) is 66.6 Å². The van der Waals surface area contributed by atoms with Crippen LogP contribution in [0.3, 0.4) is 0 Å². The number of piperazine rings is 1. The van der Waals surface area contributed by atoms with Crippen molar-refractivity contribution in [3.8, 4) is 11.1 Å². The molecular formula is C44H48N8O5S. The minimum atomic E-state index is -1.03. The summed E-state index contributed by atoms with van der Waals surface area (Å²) in [5.41, 5.74) is 4.55. The van der Waals surface area contributed by atoms with Crippen LogP contribution in [0.1, 0.15) is 61.4 Å². The van der Waals surface area contributed by atoms with Gasteiger partial charge in [0.1, 0.15) is 22.1 Å². The first-order chi connectivity index (χ1) is 27.8. The normalized spacial score (nSPS) is 15.4. The molecule has 3 aromatic carbocycles. The molecule has 14 heteroatoms. The van der Waals surface area contributed by atoms with E-state index in [2.05, 4.69) is 64.6 Å². The van der Waals surface area contributed by atoms with Crippen LogP contribution in [0, 0.1) is 0 Å². The maximum atomic E-state index is 13.2. The van der Waals surface area contributed by atoms with Crippen molar-refractivity contribution in [2.45, 2.75) is 61.6 Å². The summed E-state index contributed by atoms with van der Waals surface area (Å²) >= 11 is 1.47.